The molecule has 1 aromatic rings. The molecule has 0 aromatic heterocycles. The Kier molecular flexibility index (Phi) is 4.11. The molecule has 2 aliphatic rings. The highest BCUT2D eigenvalue weighted by atomic mass is 16.5. The second-order valence-corrected chi connectivity index (χ2v) is 5.25. The Morgan fingerprint density at radius 3 is 2.82 bits per heavy atom. The molecule has 0 aliphatic carbocycles. The van der Waals surface area contributed by atoms with E-state index < -0.39 is 12.0 Å². The second-order valence-electron chi connectivity index (χ2n) is 5.25. The minimum Gasteiger partial charge on any atom is -0.461 e. The summed E-state index contributed by atoms with van der Waals surface area (Å²) in [5.74, 6) is -0.579. The zero-order valence-electron chi connectivity index (χ0n) is 12.4. The van der Waals surface area contributed by atoms with Gasteiger partial charge >= 0.3 is 12.0 Å². The molecule has 3 rings (SSSR count). The minimum atomic E-state index is -0.629. The first-order valence-electron chi connectivity index (χ1n) is 7.34. The number of nitrogens with zero attached hydrogens (tertiary/aromatic N) is 3. The fraction of sp³-hybridized carbons (Fsp3) is 0.375. The lowest BCUT2D eigenvalue weighted by atomic mass is 9.99. The third-order valence-electron chi connectivity index (χ3n) is 3.76. The molecule has 0 saturated carbocycles. The fourth-order valence-corrected chi connectivity index (χ4v) is 2.73. The number of hydrogen-bond donors (Lipinski definition) is 0. The van der Waals surface area contributed by atoms with Gasteiger partial charge in [-0.2, -0.15) is 9.98 Å². The number of urea groups is 1. The van der Waals surface area contributed by atoms with Crippen LogP contribution in [0.2, 0.25) is 0 Å². The maximum absolute atomic E-state index is 11.8. The van der Waals surface area contributed by atoms with Gasteiger partial charge in [-0.25, -0.2) is 9.59 Å². The van der Waals surface area contributed by atoms with Crippen molar-refractivity contribution in [1.82, 2.24) is 4.90 Å². The maximum atomic E-state index is 11.8. The van der Waals surface area contributed by atoms with Gasteiger partial charge < -0.3 is 4.74 Å². The summed E-state index contributed by atoms with van der Waals surface area (Å²) in [5, 5.41) is 0. The van der Waals surface area contributed by atoms with Gasteiger partial charge in [-0.3, -0.25) is 4.90 Å². The topological polar surface area (TPSA) is 71.3 Å². The standard InChI is InChI=1S/C16H17N3O3/c1-2-22-15(20)14-13(17-16(21)18-14)10-19-8-7-11-5-3-4-6-12(11)9-19/h3-6H,2,7-10H2,1H3. The van der Waals surface area contributed by atoms with Gasteiger partial charge in [-0.1, -0.05) is 24.3 Å². The number of carbonyl (C=O) groups is 2. The van der Waals surface area contributed by atoms with Crippen molar-refractivity contribution in [2.24, 2.45) is 9.98 Å². The van der Waals surface area contributed by atoms with Crippen LogP contribution in [0.5, 0.6) is 0 Å². The molecule has 6 nitrogen and oxygen atoms in total. The molecule has 0 spiro atoms. The van der Waals surface area contributed by atoms with E-state index >= 15 is 0 Å². The first-order valence-corrected chi connectivity index (χ1v) is 7.34. The summed E-state index contributed by atoms with van der Waals surface area (Å²) in [6, 6.07) is 7.66. The summed E-state index contributed by atoms with van der Waals surface area (Å²) >= 11 is 0. The van der Waals surface area contributed by atoms with Gasteiger partial charge in [0.05, 0.1) is 12.3 Å². The van der Waals surface area contributed by atoms with Crippen LogP contribution >= 0.6 is 0 Å². The number of fused-ring (bicyclic) bond motifs is 1. The first kappa shape index (κ1) is 14.6. The van der Waals surface area contributed by atoms with Crippen LogP contribution in [0.4, 0.5) is 4.79 Å². The lowest BCUT2D eigenvalue weighted by Crippen LogP contribution is -2.38. The highest BCUT2D eigenvalue weighted by Gasteiger charge is 2.29. The molecule has 1 aromatic carbocycles. The van der Waals surface area contributed by atoms with Crippen LogP contribution < -0.4 is 0 Å². The quantitative estimate of drug-likeness (QED) is 0.792. The average Bonchev–Trinajstić information content (AvgIpc) is 2.88. The van der Waals surface area contributed by atoms with E-state index in [4.69, 9.17) is 4.74 Å². The van der Waals surface area contributed by atoms with Crippen LogP contribution in [-0.2, 0) is 22.5 Å². The number of aliphatic imine (C=N–C) groups is 2. The van der Waals surface area contributed by atoms with Crippen LogP contribution in [0, 0.1) is 0 Å². The molecule has 0 N–H and O–H groups in total. The molecular formula is C16H17N3O3. The van der Waals surface area contributed by atoms with Crippen molar-refractivity contribution in [3.8, 4) is 0 Å². The molecule has 22 heavy (non-hydrogen) atoms. The van der Waals surface area contributed by atoms with E-state index in [1.807, 2.05) is 12.1 Å². The van der Waals surface area contributed by atoms with E-state index in [9.17, 15) is 9.59 Å². The summed E-state index contributed by atoms with van der Waals surface area (Å²) in [5.41, 5.74) is 3.07. The largest absolute Gasteiger partial charge is 0.461 e. The number of hydrogen-bond acceptors (Lipinski definition) is 4. The van der Waals surface area contributed by atoms with Crippen molar-refractivity contribution >= 4 is 23.4 Å². The number of carbonyl (C=O) groups excluding carboxylic acids is 2. The van der Waals surface area contributed by atoms with Crippen LogP contribution in [-0.4, -0.2) is 48.0 Å². The van der Waals surface area contributed by atoms with Gasteiger partial charge in [0.15, 0.2) is 5.71 Å². The summed E-state index contributed by atoms with van der Waals surface area (Å²) in [7, 11) is 0. The van der Waals surface area contributed by atoms with E-state index in [0.29, 0.717) is 12.3 Å². The van der Waals surface area contributed by atoms with Crippen molar-refractivity contribution in [3.63, 3.8) is 0 Å². The SMILES string of the molecule is CCOC(=O)C1=NC(=O)N=C1CN1CCc2ccccc2C1. The molecule has 2 heterocycles. The van der Waals surface area contributed by atoms with Crippen molar-refractivity contribution in [2.75, 3.05) is 19.7 Å². The van der Waals surface area contributed by atoms with Crippen LogP contribution in [0.15, 0.2) is 34.3 Å². The number of rotatable bonds is 4. The first-order chi connectivity index (χ1) is 10.7. The Hall–Kier alpha value is -2.34. The molecule has 2 amide bonds. The zero-order valence-corrected chi connectivity index (χ0v) is 12.4. The third-order valence-corrected chi connectivity index (χ3v) is 3.76. The summed E-state index contributed by atoms with van der Waals surface area (Å²) < 4.78 is 4.93. The number of esters is 1. The predicted octanol–water partition coefficient (Wildman–Crippen LogP) is 1.62. The minimum absolute atomic E-state index is 0.0470. The van der Waals surface area contributed by atoms with Gasteiger partial charge in [-0.15, -0.1) is 0 Å². The lowest BCUT2D eigenvalue weighted by Gasteiger charge is -2.28. The molecule has 0 unspecified atom stereocenters. The van der Waals surface area contributed by atoms with Crippen molar-refractivity contribution in [3.05, 3.63) is 35.4 Å². The summed E-state index contributed by atoms with van der Waals surface area (Å²) in [6.07, 6.45) is 0.948. The van der Waals surface area contributed by atoms with Gasteiger partial charge in [0.1, 0.15) is 0 Å². The molecule has 0 bridgehead atoms. The van der Waals surface area contributed by atoms with Crippen LogP contribution in [0.3, 0.4) is 0 Å². The van der Waals surface area contributed by atoms with Crippen molar-refractivity contribution in [1.29, 1.82) is 0 Å². The Morgan fingerprint density at radius 1 is 1.27 bits per heavy atom. The monoisotopic (exact) mass is 299 g/mol. The van der Waals surface area contributed by atoms with Crippen molar-refractivity contribution < 1.29 is 14.3 Å². The van der Waals surface area contributed by atoms with E-state index in [1.54, 1.807) is 6.92 Å². The Bertz CT molecular complexity index is 679. The summed E-state index contributed by atoms with van der Waals surface area (Å²) in [4.78, 5) is 32.9. The summed E-state index contributed by atoms with van der Waals surface area (Å²) in [6.45, 7) is 4.03. The van der Waals surface area contributed by atoms with Crippen molar-refractivity contribution in [2.45, 2.75) is 19.9 Å². The van der Waals surface area contributed by atoms with Gasteiger partial charge in [0.25, 0.3) is 0 Å². The molecule has 0 radical (unpaired) electrons. The van der Waals surface area contributed by atoms with E-state index in [-0.39, 0.29) is 12.3 Å². The molecule has 0 atom stereocenters. The molecule has 0 fully saturated rings. The van der Waals surface area contributed by atoms with Gasteiger partial charge in [-0.05, 0) is 24.5 Å². The lowest BCUT2D eigenvalue weighted by molar-refractivity contribution is -0.134. The number of benzene rings is 1. The van der Waals surface area contributed by atoms with Gasteiger partial charge in [0.2, 0.25) is 0 Å². The molecule has 0 saturated heterocycles. The highest BCUT2D eigenvalue weighted by molar-refractivity contribution is 6.69. The average molecular weight is 299 g/mol. The molecular weight excluding hydrogens is 282 g/mol. The zero-order chi connectivity index (χ0) is 15.5. The van der Waals surface area contributed by atoms with Crippen LogP contribution in [0.1, 0.15) is 18.1 Å². The number of amides is 2. The van der Waals surface area contributed by atoms with Crippen LogP contribution in [0.25, 0.3) is 0 Å². The van der Waals surface area contributed by atoms with E-state index in [1.165, 1.54) is 11.1 Å². The Labute approximate surface area is 128 Å². The van der Waals surface area contributed by atoms with E-state index in [2.05, 4.69) is 27.0 Å². The Morgan fingerprint density at radius 2 is 2.05 bits per heavy atom. The second kappa shape index (κ2) is 6.19. The molecule has 2 aliphatic heterocycles. The number of ether oxygens (including phenoxy) is 1. The smallest absolute Gasteiger partial charge is 0.368 e. The maximum Gasteiger partial charge on any atom is 0.368 e. The predicted molar refractivity (Wildman–Crippen MR) is 82.3 cm³/mol. The molecule has 114 valence electrons. The third kappa shape index (κ3) is 2.96. The highest BCUT2D eigenvalue weighted by Crippen LogP contribution is 2.18. The normalized spacial score (nSPS) is 17.8. The van der Waals surface area contributed by atoms with Gasteiger partial charge in [0, 0.05) is 19.6 Å². The van der Waals surface area contributed by atoms with E-state index in [0.717, 1.165) is 19.5 Å². The fourth-order valence-electron chi connectivity index (χ4n) is 2.73. The Balaban J connectivity index is 1.71. The molecule has 6 heteroatoms.